The molecule has 1 fully saturated rings. The van der Waals surface area contributed by atoms with Crippen LogP contribution in [0.3, 0.4) is 0 Å². The van der Waals surface area contributed by atoms with Crippen LogP contribution in [0, 0.1) is 6.92 Å². The summed E-state index contributed by atoms with van der Waals surface area (Å²) >= 11 is 6.05. The van der Waals surface area contributed by atoms with E-state index in [9.17, 15) is 8.42 Å². The third-order valence-corrected chi connectivity index (χ3v) is 6.80. The van der Waals surface area contributed by atoms with E-state index in [0.717, 1.165) is 5.56 Å². The molecule has 4 rings (SSSR count). The number of benzene rings is 1. The predicted molar refractivity (Wildman–Crippen MR) is 95.2 cm³/mol. The maximum absolute atomic E-state index is 12.8. The number of sulfonamides is 1. The number of halogens is 1. The van der Waals surface area contributed by atoms with E-state index < -0.39 is 10.0 Å². The monoisotopic (exact) mass is 390 g/mol. The van der Waals surface area contributed by atoms with Gasteiger partial charge in [0.05, 0.1) is 10.8 Å². The molecule has 0 N–H and O–H groups in total. The van der Waals surface area contributed by atoms with Crippen LogP contribution in [-0.2, 0) is 10.0 Å². The van der Waals surface area contributed by atoms with Crippen molar-refractivity contribution in [2.75, 3.05) is 13.1 Å². The molecular weight excluding hydrogens is 376 g/mol. The maximum atomic E-state index is 12.8. The molecule has 0 unspecified atom stereocenters. The van der Waals surface area contributed by atoms with E-state index in [0.29, 0.717) is 35.4 Å². The Morgan fingerprint density at radius 2 is 1.92 bits per heavy atom. The fourth-order valence-corrected chi connectivity index (χ4v) is 4.82. The number of hydrogen-bond acceptors (Lipinski definition) is 6. The van der Waals surface area contributed by atoms with Crippen molar-refractivity contribution in [3.8, 4) is 11.4 Å². The molecule has 2 aromatic heterocycles. The largest absolute Gasteiger partial charge is 0.339 e. The van der Waals surface area contributed by atoms with Gasteiger partial charge in [-0.3, -0.25) is 4.98 Å². The van der Waals surface area contributed by atoms with Gasteiger partial charge in [-0.25, -0.2) is 8.42 Å². The van der Waals surface area contributed by atoms with Gasteiger partial charge in [0.1, 0.15) is 0 Å². The van der Waals surface area contributed by atoms with Crippen molar-refractivity contribution in [2.24, 2.45) is 0 Å². The summed E-state index contributed by atoms with van der Waals surface area (Å²) in [6.45, 7) is 2.30. The van der Waals surface area contributed by atoms with Crippen LogP contribution in [-0.4, -0.2) is 40.9 Å². The molecule has 1 aromatic carbocycles. The standard InChI is InChI=1S/C17H15ClN4O3S/c1-11-14(18)3-2-4-15(11)26(23,24)22-9-13(10-22)17-20-16(21-25-17)12-5-7-19-8-6-12/h2-8,13H,9-10H2,1H3. The summed E-state index contributed by atoms with van der Waals surface area (Å²) in [6.07, 6.45) is 3.30. The summed E-state index contributed by atoms with van der Waals surface area (Å²) in [4.78, 5) is 8.55. The summed E-state index contributed by atoms with van der Waals surface area (Å²) < 4.78 is 32.3. The van der Waals surface area contributed by atoms with Crippen LogP contribution in [0.5, 0.6) is 0 Å². The topological polar surface area (TPSA) is 89.2 Å². The van der Waals surface area contributed by atoms with Crippen molar-refractivity contribution in [2.45, 2.75) is 17.7 Å². The maximum Gasteiger partial charge on any atom is 0.243 e. The molecule has 26 heavy (non-hydrogen) atoms. The molecule has 0 aliphatic carbocycles. The van der Waals surface area contributed by atoms with Crippen LogP contribution in [0.1, 0.15) is 17.4 Å². The van der Waals surface area contributed by atoms with Crippen molar-refractivity contribution >= 4 is 21.6 Å². The fraction of sp³-hybridized carbons (Fsp3) is 0.235. The molecule has 1 aliphatic rings. The fourth-order valence-electron chi connectivity index (χ4n) is 2.82. The van der Waals surface area contributed by atoms with Gasteiger partial charge in [0.15, 0.2) is 0 Å². The molecule has 134 valence electrons. The number of nitrogens with zero attached hydrogens (tertiary/aromatic N) is 4. The third kappa shape index (κ3) is 2.90. The Bertz CT molecular complexity index is 1050. The van der Waals surface area contributed by atoms with E-state index in [1.807, 2.05) is 0 Å². The van der Waals surface area contributed by atoms with Gasteiger partial charge in [-0.15, -0.1) is 0 Å². The molecule has 0 bridgehead atoms. The van der Waals surface area contributed by atoms with Crippen molar-refractivity contribution < 1.29 is 12.9 Å². The smallest absolute Gasteiger partial charge is 0.243 e. The Balaban J connectivity index is 1.50. The first-order valence-electron chi connectivity index (χ1n) is 7.96. The Labute approximate surface area is 155 Å². The minimum atomic E-state index is -3.59. The Morgan fingerprint density at radius 1 is 1.19 bits per heavy atom. The average Bonchev–Trinajstić information content (AvgIpc) is 3.06. The van der Waals surface area contributed by atoms with Gasteiger partial charge in [-0.2, -0.15) is 9.29 Å². The molecule has 0 atom stereocenters. The van der Waals surface area contributed by atoms with E-state index >= 15 is 0 Å². The zero-order chi connectivity index (χ0) is 18.3. The second kappa shape index (κ2) is 6.46. The van der Waals surface area contributed by atoms with Crippen LogP contribution in [0.25, 0.3) is 11.4 Å². The van der Waals surface area contributed by atoms with Crippen LogP contribution in [0.4, 0.5) is 0 Å². The molecule has 1 aliphatic heterocycles. The van der Waals surface area contributed by atoms with Crippen LogP contribution in [0.15, 0.2) is 52.1 Å². The number of pyridine rings is 1. The molecule has 0 saturated carbocycles. The molecule has 0 radical (unpaired) electrons. The summed E-state index contributed by atoms with van der Waals surface area (Å²) in [7, 11) is -3.59. The molecular formula is C17H15ClN4O3S. The van der Waals surface area contributed by atoms with E-state index in [1.54, 1.807) is 49.6 Å². The minimum Gasteiger partial charge on any atom is -0.339 e. The van der Waals surface area contributed by atoms with Gasteiger partial charge in [-0.05, 0) is 36.8 Å². The summed E-state index contributed by atoms with van der Waals surface area (Å²) in [6, 6.07) is 8.45. The molecule has 3 heterocycles. The summed E-state index contributed by atoms with van der Waals surface area (Å²) in [5.74, 6) is 0.785. The molecule has 0 amide bonds. The lowest BCUT2D eigenvalue weighted by molar-refractivity contribution is 0.216. The van der Waals surface area contributed by atoms with Gasteiger partial charge in [0.2, 0.25) is 21.7 Å². The lowest BCUT2D eigenvalue weighted by Crippen LogP contribution is -2.48. The van der Waals surface area contributed by atoms with Gasteiger partial charge in [0, 0.05) is 36.1 Å². The first kappa shape index (κ1) is 17.1. The molecule has 3 aromatic rings. The molecule has 9 heteroatoms. The highest BCUT2D eigenvalue weighted by molar-refractivity contribution is 7.89. The predicted octanol–water partition coefficient (Wildman–Crippen LogP) is 2.88. The second-order valence-electron chi connectivity index (χ2n) is 6.07. The first-order chi connectivity index (χ1) is 12.5. The highest BCUT2D eigenvalue weighted by Gasteiger charge is 2.41. The minimum absolute atomic E-state index is 0.118. The number of aromatic nitrogens is 3. The quantitative estimate of drug-likeness (QED) is 0.680. The van der Waals surface area contributed by atoms with E-state index in [1.165, 1.54) is 4.31 Å². The zero-order valence-electron chi connectivity index (χ0n) is 13.8. The Hall–Kier alpha value is -2.29. The summed E-state index contributed by atoms with van der Waals surface area (Å²) in [5, 5.41) is 4.39. The number of hydrogen-bond donors (Lipinski definition) is 0. The molecule has 0 spiro atoms. The summed E-state index contributed by atoms with van der Waals surface area (Å²) in [5.41, 5.74) is 1.35. The average molecular weight is 391 g/mol. The highest BCUT2D eigenvalue weighted by Crippen LogP contribution is 2.34. The molecule has 1 saturated heterocycles. The SMILES string of the molecule is Cc1c(Cl)cccc1S(=O)(=O)N1CC(c2nc(-c3ccncc3)no2)C1. The molecule has 7 nitrogen and oxygen atoms in total. The van der Waals surface area contributed by atoms with Gasteiger partial charge in [-0.1, -0.05) is 22.8 Å². The van der Waals surface area contributed by atoms with Crippen molar-refractivity contribution in [1.29, 1.82) is 0 Å². The lowest BCUT2D eigenvalue weighted by Gasteiger charge is -2.36. The highest BCUT2D eigenvalue weighted by atomic mass is 35.5. The van der Waals surface area contributed by atoms with Gasteiger partial charge >= 0.3 is 0 Å². The van der Waals surface area contributed by atoms with Gasteiger partial charge in [0.25, 0.3) is 0 Å². The normalized spacial score (nSPS) is 15.8. The van der Waals surface area contributed by atoms with Crippen molar-refractivity contribution in [3.05, 3.63) is 59.2 Å². The van der Waals surface area contributed by atoms with Crippen LogP contribution < -0.4 is 0 Å². The van der Waals surface area contributed by atoms with Crippen LogP contribution in [0.2, 0.25) is 5.02 Å². The lowest BCUT2D eigenvalue weighted by atomic mass is 10.0. The Morgan fingerprint density at radius 3 is 2.65 bits per heavy atom. The van der Waals surface area contributed by atoms with E-state index in [2.05, 4.69) is 15.1 Å². The van der Waals surface area contributed by atoms with Crippen LogP contribution >= 0.6 is 11.6 Å². The van der Waals surface area contributed by atoms with Crippen molar-refractivity contribution in [3.63, 3.8) is 0 Å². The Kier molecular flexibility index (Phi) is 4.26. The van der Waals surface area contributed by atoms with Crippen molar-refractivity contribution in [1.82, 2.24) is 19.4 Å². The van der Waals surface area contributed by atoms with E-state index in [-0.39, 0.29) is 10.8 Å². The zero-order valence-corrected chi connectivity index (χ0v) is 15.4. The van der Waals surface area contributed by atoms with E-state index in [4.69, 9.17) is 16.1 Å². The van der Waals surface area contributed by atoms with Gasteiger partial charge < -0.3 is 4.52 Å². The first-order valence-corrected chi connectivity index (χ1v) is 9.78. The third-order valence-electron chi connectivity index (χ3n) is 4.41. The second-order valence-corrected chi connectivity index (χ2v) is 8.39. The number of rotatable bonds is 4.